The molecule has 1 aromatic rings. The van der Waals surface area contributed by atoms with E-state index in [2.05, 4.69) is 14.7 Å². The van der Waals surface area contributed by atoms with Crippen LogP contribution < -0.4 is 5.76 Å². The van der Waals surface area contributed by atoms with E-state index in [1.807, 2.05) is 0 Å². The number of H-pyrrole nitrogens is 1. The molecule has 12 heavy (non-hydrogen) atoms. The Labute approximate surface area is 72.5 Å². The van der Waals surface area contributed by atoms with Crippen molar-refractivity contribution in [3.05, 3.63) is 16.4 Å². The van der Waals surface area contributed by atoms with Gasteiger partial charge in [0.05, 0.1) is 6.61 Å². The van der Waals surface area contributed by atoms with Crippen LogP contribution >= 0.6 is 11.8 Å². The molecule has 1 fully saturated rings. The first-order valence-corrected chi connectivity index (χ1v) is 4.77. The molecule has 0 bridgehead atoms. The van der Waals surface area contributed by atoms with Gasteiger partial charge in [0.15, 0.2) is 5.82 Å². The molecule has 6 heteroatoms. The van der Waals surface area contributed by atoms with Gasteiger partial charge in [0, 0.05) is 11.5 Å². The van der Waals surface area contributed by atoms with Crippen LogP contribution in [0.25, 0.3) is 0 Å². The lowest BCUT2D eigenvalue weighted by atomic mass is 10.4. The Bertz CT molecular complexity index is 302. The fourth-order valence-electron chi connectivity index (χ4n) is 1.03. The average molecular weight is 188 g/mol. The molecule has 1 aromatic heterocycles. The Kier molecular flexibility index (Phi) is 2.18. The Morgan fingerprint density at radius 1 is 1.67 bits per heavy atom. The number of ether oxygens (including phenoxy) is 1. The molecule has 1 aliphatic heterocycles. The van der Waals surface area contributed by atoms with E-state index < -0.39 is 5.76 Å². The second kappa shape index (κ2) is 3.32. The highest BCUT2D eigenvalue weighted by Crippen LogP contribution is 2.22. The molecule has 0 saturated carbocycles. The molecule has 66 valence electrons. The maximum absolute atomic E-state index is 10.6. The van der Waals surface area contributed by atoms with Gasteiger partial charge < -0.3 is 4.74 Å². The molecule has 2 rings (SSSR count). The molecule has 2 heterocycles. The Hall–Kier alpha value is -0.750. The van der Waals surface area contributed by atoms with Gasteiger partial charge in [-0.05, 0) is 0 Å². The van der Waals surface area contributed by atoms with Crippen molar-refractivity contribution in [2.75, 3.05) is 18.1 Å². The van der Waals surface area contributed by atoms with Crippen molar-refractivity contribution in [3.8, 4) is 0 Å². The van der Waals surface area contributed by atoms with E-state index in [1.54, 1.807) is 11.8 Å². The monoisotopic (exact) mass is 188 g/mol. The van der Waals surface area contributed by atoms with E-state index in [1.165, 1.54) is 0 Å². The largest absolute Gasteiger partial charge is 0.438 e. The lowest BCUT2D eigenvalue weighted by Gasteiger charge is -2.18. The van der Waals surface area contributed by atoms with Crippen LogP contribution in [0.15, 0.2) is 9.32 Å². The molecule has 1 N–H and O–H groups in total. The van der Waals surface area contributed by atoms with Crippen molar-refractivity contribution in [2.24, 2.45) is 0 Å². The summed E-state index contributed by atoms with van der Waals surface area (Å²) in [4.78, 5) is 13.1. The second-order valence-electron chi connectivity index (χ2n) is 2.41. The van der Waals surface area contributed by atoms with Crippen LogP contribution in [-0.2, 0) is 4.74 Å². The molecule has 0 spiro atoms. The SMILES string of the molecule is O=c1[nH]c(C2CSCCO2)no1. The minimum absolute atomic E-state index is 0.116. The summed E-state index contributed by atoms with van der Waals surface area (Å²) in [5.74, 6) is 1.79. The molecule has 0 radical (unpaired) electrons. The third kappa shape index (κ3) is 1.54. The standard InChI is InChI=1S/C6H8N2O3S/c9-6-7-5(8-11-6)4-3-12-2-1-10-4/h4H,1-3H2,(H,7,8,9). The number of thioether (sulfide) groups is 1. The van der Waals surface area contributed by atoms with Gasteiger partial charge in [0.2, 0.25) is 0 Å². The summed E-state index contributed by atoms with van der Waals surface area (Å²) in [6.45, 7) is 0.699. The van der Waals surface area contributed by atoms with Gasteiger partial charge >= 0.3 is 5.76 Å². The second-order valence-corrected chi connectivity index (χ2v) is 3.56. The number of aromatic nitrogens is 2. The summed E-state index contributed by atoms with van der Waals surface area (Å²) in [5.41, 5.74) is 0. The van der Waals surface area contributed by atoms with Gasteiger partial charge in [0.1, 0.15) is 6.10 Å². The Morgan fingerprint density at radius 3 is 3.17 bits per heavy atom. The molecule has 1 atom stereocenters. The lowest BCUT2D eigenvalue weighted by Crippen LogP contribution is -2.17. The zero-order valence-electron chi connectivity index (χ0n) is 6.28. The number of nitrogens with one attached hydrogen (secondary N) is 1. The van der Waals surface area contributed by atoms with Crippen LogP contribution in [0.1, 0.15) is 11.9 Å². The predicted molar refractivity (Wildman–Crippen MR) is 43.1 cm³/mol. The number of rotatable bonds is 1. The molecular formula is C6H8N2O3S. The summed E-state index contributed by atoms with van der Waals surface area (Å²) in [6.07, 6.45) is -0.116. The molecule has 1 unspecified atom stereocenters. The highest BCUT2D eigenvalue weighted by molar-refractivity contribution is 7.99. The first kappa shape index (κ1) is 7.88. The van der Waals surface area contributed by atoms with E-state index >= 15 is 0 Å². The summed E-state index contributed by atoms with van der Waals surface area (Å²) in [5, 5.41) is 3.56. The molecule has 0 aromatic carbocycles. The molecule has 5 nitrogen and oxygen atoms in total. The minimum atomic E-state index is -0.524. The van der Waals surface area contributed by atoms with Gasteiger partial charge in [-0.1, -0.05) is 5.16 Å². The van der Waals surface area contributed by atoms with Crippen molar-refractivity contribution >= 4 is 11.8 Å². The van der Waals surface area contributed by atoms with Crippen molar-refractivity contribution in [2.45, 2.75) is 6.10 Å². The molecule has 1 aliphatic rings. The summed E-state index contributed by atoms with van der Waals surface area (Å²) >= 11 is 1.78. The maximum atomic E-state index is 10.6. The molecule has 0 amide bonds. The first-order chi connectivity index (χ1) is 5.86. The third-order valence-electron chi connectivity index (χ3n) is 1.58. The van der Waals surface area contributed by atoms with Crippen molar-refractivity contribution < 1.29 is 9.26 Å². The zero-order chi connectivity index (χ0) is 8.39. The normalized spacial score (nSPS) is 24.2. The van der Waals surface area contributed by atoms with Crippen LogP contribution in [0.3, 0.4) is 0 Å². The van der Waals surface area contributed by atoms with Crippen LogP contribution in [0.2, 0.25) is 0 Å². The van der Waals surface area contributed by atoms with Gasteiger partial charge in [-0.25, -0.2) is 4.79 Å². The zero-order valence-corrected chi connectivity index (χ0v) is 7.10. The van der Waals surface area contributed by atoms with E-state index in [9.17, 15) is 4.79 Å². The van der Waals surface area contributed by atoms with Crippen molar-refractivity contribution in [3.63, 3.8) is 0 Å². The van der Waals surface area contributed by atoms with Crippen molar-refractivity contribution in [1.82, 2.24) is 10.1 Å². The highest BCUT2D eigenvalue weighted by Gasteiger charge is 2.20. The van der Waals surface area contributed by atoms with Gasteiger partial charge in [-0.15, -0.1) is 0 Å². The number of nitrogens with zero attached hydrogens (tertiary/aromatic N) is 1. The highest BCUT2D eigenvalue weighted by atomic mass is 32.2. The maximum Gasteiger partial charge on any atom is 0.438 e. The molecule has 0 aliphatic carbocycles. The summed E-state index contributed by atoms with van der Waals surface area (Å²) in [7, 11) is 0. The van der Waals surface area contributed by atoms with E-state index in [0.29, 0.717) is 12.4 Å². The van der Waals surface area contributed by atoms with E-state index in [0.717, 1.165) is 11.5 Å². The van der Waals surface area contributed by atoms with Crippen molar-refractivity contribution in [1.29, 1.82) is 0 Å². The average Bonchev–Trinajstić information content (AvgIpc) is 2.54. The number of aromatic amines is 1. The number of hydrogen-bond acceptors (Lipinski definition) is 5. The topological polar surface area (TPSA) is 68.1 Å². The van der Waals surface area contributed by atoms with Crippen LogP contribution in [0.4, 0.5) is 0 Å². The Balaban J connectivity index is 2.13. The quantitative estimate of drug-likeness (QED) is 0.680. The minimum Gasteiger partial charge on any atom is -0.368 e. The van der Waals surface area contributed by atoms with Crippen LogP contribution in [0, 0.1) is 0 Å². The summed E-state index contributed by atoms with van der Waals surface area (Å²) in [6, 6.07) is 0. The predicted octanol–water partition coefficient (Wildman–Crippen LogP) is 0.167. The number of hydrogen-bond donors (Lipinski definition) is 1. The summed E-state index contributed by atoms with van der Waals surface area (Å²) < 4.78 is 9.73. The third-order valence-corrected chi connectivity index (χ3v) is 2.57. The van der Waals surface area contributed by atoms with E-state index in [-0.39, 0.29) is 6.10 Å². The van der Waals surface area contributed by atoms with Gasteiger partial charge in [0.25, 0.3) is 0 Å². The fourth-order valence-corrected chi connectivity index (χ4v) is 1.87. The van der Waals surface area contributed by atoms with Crippen LogP contribution in [0.5, 0.6) is 0 Å². The lowest BCUT2D eigenvalue weighted by molar-refractivity contribution is 0.0677. The smallest absolute Gasteiger partial charge is 0.368 e. The molecule has 1 saturated heterocycles. The van der Waals surface area contributed by atoms with Crippen LogP contribution in [-0.4, -0.2) is 28.3 Å². The van der Waals surface area contributed by atoms with E-state index in [4.69, 9.17) is 4.74 Å². The van der Waals surface area contributed by atoms with Gasteiger partial charge in [-0.3, -0.25) is 9.51 Å². The molecular weight excluding hydrogens is 180 g/mol. The Morgan fingerprint density at radius 2 is 2.58 bits per heavy atom. The first-order valence-electron chi connectivity index (χ1n) is 3.61. The fraction of sp³-hybridized carbons (Fsp3) is 0.667. The van der Waals surface area contributed by atoms with Gasteiger partial charge in [-0.2, -0.15) is 11.8 Å².